The molecule has 0 aromatic heterocycles. The first-order chi connectivity index (χ1) is 17.5. The zero-order chi connectivity index (χ0) is 25.1. The van der Waals surface area contributed by atoms with Crippen LogP contribution < -0.4 is 14.7 Å². The number of benzene rings is 3. The molecule has 8 nitrogen and oxygen atoms in total. The topological polar surface area (TPSA) is 73.2 Å². The minimum absolute atomic E-state index is 0.0512. The van der Waals surface area contributed by atoms with E-state index >= 15 is 0 Å². The summed E-state index contributed by atoms with van der Waals surface area (Å²) in [7, 11) is 0. The molecule has 0 aliphatic carbocycles. The van der Waals surface area contributed by atoms with Crippen LogP contribution in [-0.2, 0) is 0 Å². The van der Waals surface area contributed by atoms with E-state index in [1.165, 1.54) is 5.69 Å². The molecule has 0 bridgehead atoms. The monoisotopic (exact) mass is 485 g/mol. The van der Waals surface area contributed by atoms with E-state index in [9.17, 15) is 14.9 Å². The quantitative estimate of drug-likeness (QED) is 0.399. The first-order valence-corrected chi connectivity index (χ1v) is 12.4. The Morgan fingerprint density at radius 2 is 1.31 bits per heavy atom. The summed E-state index contributed by atoms with van der Waals surface area (Å²) in [5, 5.41) is 11.8. The van der Waals surface area contributed by atoms with Gasteiger partial charge in [-0.05, 0) is 43.3 Å². The van der Waals surface area contributed by atoms with Gasteiger partial charge in [-0.2, -0.15) is 0 Å². The van der Waals surface area contributed by atoms with Gasteiger partial charge in [-0.25, -0.2) is 0 Å². The van der Waals surface area contributed by atoms with Crippen molar-refractivity contribution in [1.29, 1.82) is 0 Å². The zero-order valence-electron chi connectivity index (χ0n) is 20.5. The number of rotatable bonds is 5. The largest absolute Gasteiger partial charge is 0.368 e. The fourth-order valence-electron chi connectivity index (χ4n) is 5.01. The summed E-state index contributed by atoms with van der Waals surface area (Å²) in [4.78, 5) is 33.0. The van der Waals surface area contributed by atoms with Crippen LogP contribution in [0.2, 0.25) is 0 Å². The molecule has 3 aromatic rings. The molecular formula is C28H31N5O3. The molecule has 8 heteroatoms. The van der Waals surface area contributed by atoms with Crippen LogP contribution in [0.3, 0.4) is 0 Å². The van der Waals surface area contributed by atoms with Crippen molar-refractivity contribution in [3.63, 3.8) is 0 Å². The summed E-state index contributed by atoms with van der Waals surface area (Å²) in [5.74, 6) is 0.0512. The molecule has 186 valence electrons. The van der Waals surface area contributed by atoms with E-state index in [1.54, 1.807) is 6.07 Å². The van der Waals surface area contributed by atoms with Crippen molar-refractivity contribution < 1.29 is 9.72 Å². The maximum absolute atomic E-state index is 12.9. The number of nitro groups is 1. The Balaban J connectivity index is 1.27. The maximum atomic E-state index is 12.9. The van der Waals surface area contributed by atoms with Gasteiger partial charge in [0.25, 0.3) is 11.6 Å². The van der Waals surface area contributed by atoms with E-state index in [0.717, 1.165) is 37.4 Å². The number of aryl methyl sites for hydroxylation is 1. The Bertz CT molecular complexity index is 1220. The van der Waals surface area contributed by atoms with Gasteiger partial charge in [-0.1, -0.05) is 35.9 Å². The predicted molar refractivity (Wildman–Crippen MR) is 143 cm³/mol. The minimum Gasteiger partial charge on any atom is -0.368 e. The second kappa shape index (κ2) is 10.3. The van der Waals surface area contributed by atoms with Gasteiger partial charge in [-0.3, -0.25) is 14.9 Å². The molecule has 0 spiro atoms. The number of nitrogens with zero attached hydrogens (tertiary/aromatic N) is 5. The molecule has 36 heavy (non-hydrogen) atoms. The molecule has 2 fully saturated rings. The minimum atomic E-state index is -0.291. The second-order valence-corrected chi connectivity index (χ2v) is 9.39. The van der Waals surface area contributed by atoms with Gasteiger partial charge in [0, 0.05) is 75.4 Å². The van der Waals surface area contributed by atoms with Gasteiger partial charge in [0.05, 0.1) is 4.92 Å². The third-order valence-electron chi connectivity index (χ3n) is 7.13. The average molecular weight is 486 g/mol. The number of nitro benzene ring substituents is 1. The van der Waals surface area contributed by atoms with E-state index < -0.39 is 0 Å². The molecule has 2 saturated heterocycles. The van der Waals surface area contributed by atoms with Crippen molar-refractivity contribution in [3.8, 4) is 0 Å². The van der Waals surface area contributed by atoms with Crippen molar-refractivity contribution >= 4 is 28.7 Å². The van der Waals surface area contributed by atoms with Gasteiger partial charge in [0.2, 0.25) is 0 Å². The Hall–Kier alpha value is -4.07. The fraction of sp³-hybridized carbons (Fsp3) is 0.321. The van der Waals surface area contributed by atoms with E-state index in [2.05, 4.69) is 26.8 Å². The van der Waals surface area contributed by atoms with Crippen LogP contribution >= 0.6 is 0 Å². The lowest BCUT2D eigenvalue weighted by atomic mass is 10.1. The molecule has 1 amide bonds. The molecular weight excluding hydrogens is 454 g/mol. The third-order valence-corrected chi connectivity index (χ3v) is 7.13. The molecule has 0 radical (unpaired) electrons. The first-order valence-electron chi connectivity index (χ1n) is 12.4. The molecule has 0 N–H and O–H groups in total. The van der Waals surface area contributed by atoms with Gasteiger partial charge >= 0.3 is 0 Å². The summed E-state index contributed by atoms with van der Waals surface area (Å²) >= 11 is 0. The summed E-state index contributed by atoms with van der Waals surface area (Å²) in [6.45, 7) is 7.69. The highest BCUT2D eigenvalue weighted by Crippen LogP contribution is 2.34. The van der Waals surface area contributed by atoms with Gasteiger partial charge in [0.1, 0.15) is 5.69 Å². The highest BCUT2D eigenvalue weighted by Gasteiger charge is 2.27. The average Bonchev–Trinajstić information content (AvgIpc) is 2.93. The number of hydrogen-bond acceptors (Lipinski definition) is 6. The lowest BCUT2D eigenvalue weighted by Gasteiger charge is -2.38. The smallest absolute Gasteiger partial charge is 0.292 e. The Labute approximate surface area is 211 Å². The molecule has 0 atom stereocenters. The number of carbonyl (C=O) groups excluding carboxylic acids is 1. The van der Waals surface area contributed by atoms with E-state index in [0.29, 0.717) is 37.4 Å². The van der Waals surface area contributed by atoms with Crippen LogP contribution in [0, 0.1) is 17.0 Å². The molecule has 2 heterocycles. The van der Waals surface area contributed by atoms with Crippen molar-refractivity contribution in [2.24, 2.45) is 0 Å². The van der Waals surface area contributed by atoms with Gasteiger partial charge in [0.15, 0.2) is 0 Å². The highest BCUT2D eigenvalue weighted by molar-refractivity contribution is 5.94. The zero-order valence-corrected chi connectivity index (χ0v) is 20.5. The summed E-state index contributed by atoms with van der Waals surface area (Å²) in [5.41, 5.74) is 4.79. The number of hydrogen-bond donors (Lipinski definition) is 0. The summed E-state index contributed by atoms with van der Waals surface area (Å²) in [6, 6.07) is 23.4. The van der Waals surface area contributed by atoms with Crippen LogP contribution in [0.5, 0.6) is 0 Å². The lowest BCUT2D eigenvalue weighted by Crippen LogP contribution is -2.49. The van der Waals surface area contributed by atoms with Crippen molar-refractivity contribution in [3.05, 3.63) is 94.0 Å². The van der Waals surface area contributed by atoms with Crippen molar-refractivity contribution in [2.45, 2.75) is 6.92 Å². The van der Waals surface area contributed by atoms with Crippen LogP contribution in [0.4, 0.5) is 22.7 Å². The number of carbonyl (C=O) groups is 1. The normalized spacial score (nSPS) is 16.2. The molecule has 5 rings (SSSR count). The molecule has 0 unspecified atom stereocenters. The number of piperazine rings is 2. The van der Waals surface area contributed by atoms with Crippen LogP contribution in [0.25, 0.3) is 0 Å². The Morgan fingerprint density at radius 1 is 0.722 bits per heavy atom. The van der Waals surface area contributed by atoms with Crippen molar-refractivity contribution in [2.75, 3.05) is 67.1 Å². The second-order valence-electron chi connectivity index (χ2n) is 9.39. The van der Waals surface area contributed by atoms with Crippen LogP contribution in [0.15, 0.2) is 72.8 Å². The lowest BCUT2D eigenvalue weighted by molar-refractivity contribution is -0.384. The van der Waals surface area contributed by atoms with E-state index in [1.807, 2.05) is 66.4 Å². The van der Waals surface area contributed by atoms with Gasteiger partial charge in [-0.15, -0.1) is 0 Å². The van der Waals surface area contributed by atoms with Gasteiger partial charge < -0.3 is 19.6 Å². The van der Waals surface area contributed by atoms with Crippen LogP contribution in [0.1, 0.15) is 15.9 Å². The SMILES string of the molecule is Cc1ccc(C(=O)N2CCN(c3ccc([N+](=O)[O-])c(N4CCN(c5ccccc5)CC4)c3)CC2)cc1. The predicted octanol–water partition coefficient (Wildman–Crippen LogP) is 4.19. The Morgan fingerprint density at radius 3 is 1.94 bits per heavy atom. The number of para-hydroxylation sites is 1. The molecule has 2 aliphatic heterocycles. The summed E-state index contributed by atoms with van der Waals surface area (Å²) in [6.07, 6.45) is 0. The number of amides is 1. The standard InChI is InChI=1S/C28H31N5O3/c1-22-7-9-23(10-8-22)28(34)32-19-15-30(16-20-32)25-11-12-26(33(35)36)27(21-25)31-17-13-29(14-18-31)24-5-3-2-4-6-24/h2-12,21H,13-20H2,1H3. The van der Waals surface area contributed by atoms with E-state index in [-0.39, 0.29) is 16.5 Å². The van der Waals surface area contributed by atoms with Crippen molar-refractivity contribution in [1.82, 2.24) is 4.90 Å². The molecule has 2 aliphatic rings. The Kier molecular flexibility index (Phi) is 6.75. The molecule has 0 saturated carbocycles. The third kappa shape index (κ3) is 4.98. The molecule has 3 aromatic carbocycles. The highest BCUT2D eigenvalue weighted by atomic mass is 16.6. The van der Waals surface area contributed by atoms with Crippen LogP contribution in [-0.4, -0.2) is 68.1 Å². The summed E-state index contributed by atoms with van der Waals surface area (Å²) < 4.78 is 0. The fourth-order valence-corrected chi connectivity index (χ4v) is 5.01. The van der Waals surface area contributed by atoms with E-state index in [4.69, 9.17) is 0 Å². The number of anilines is 3. The first kappa shape index (κ1) is 23.7. The maximum Gasteiger partial charge on any atom is 0.292 e.